The monoisotopic (exact) mass is 232 g/mol. The summed E-state index contributed by atoms with van der Waals surface area (Å²) < 4.78 is 0. The molecule has 0 bridgehead atoms. The number of rotatable bonds is 2. The van der Waals surface area contributed by atoms with E-state index >= 15 is 0 Å². The molecule has 3 nitrogen and oxygen atoms in total. The molecule has 2 atom stereocenters. The summed E-state index contributed by atoms with van der Waals surface area (Å²) in [6.45, 7) is 1.23. The van der Waals surface area contributed by atoms with Crippen LogP contribution >= 0.6 is 0 Å². The van der Waals surface area contributed by atoms with Crippen molar-refractivity contribution in [3.05, 3.63) is 24.0 Å². The number of fused-ring (bicyclic) bond motifs is 1. The van der Waals surface area contributed by atoms with E-state index in [1.54, 1.807) is 6.20 Å². The molecule has 1 aliphatic carbocycles. The highest BCUT2D eigenvalue weighted by atomic mass is 16.3. The molecule has 0 aromatic carbocycles. The molecule has 1 N–H and O–H groups in total. The van der Waals surface area contributed by atoms with E-state index in [1.165, 1.54) is 37.8 Å². The number of aromatic nitrogens is 1. The van der Waals surface area contributed by atoms with Gasteiger partial charge in [-0.15, -0.1) is 0 Å². The zero-order valence-corrected chi connectivity index (χ0v) is 10.2. The van der Waals surface area contributed by atoms with Crippen LogP contribution in [0.3, 0.4) is 0 Å². The third-order valence-electron chi connectivity index (χ3n) is 4.35. The van der Waals surface area contributed by atoms with Gasteiger partial charge in [-0.1, -0.05) is 6.42 Å². The van der Waals surface area contributed by atoms with E-state index in [9.17, 15) is 5.11 Å². The Bertz CT molecular complexity index is 394. The number of pyridine rings is 1. The van der Waals surface area contributed by atoms with Crippen LogP contribution in [0.25, 0.3) is 0 Å². The molecule has 1 aromatic rings. The highest BCUT2D eigenvalue weighted by Gasteiger charge is 2.35. The first-order valence-electron chi connectivity index (χ1n) is 6.70. The molecule has 1 aliphatic heterocycles. The van der Waals surface area contributed by atoms with Gasteiger partial charge in [0.25, 0.3) is 0 Å². The summed E-state index contributed by atoms with van der Waals surface area (Å²) in [5, 5.41) is 9.42. The lowest BCUT2D eigenvalue weighted by Crippen LogP contribution is -2.43. The highest BCUT2D eigenvalue weighted by Crippen LogP contribution is 2.39. The molecule has 92 valence electrons. The molecule has 1 aromatic heterocycles. The third-order valence-corrected chi connectivity index (χ3v) is 4.35. The van der Waals surface area contributed by atoms with Crippen molar-refractivity contribution in [2.24, 2.45) is 5.92 Å². The quantitative estimate of drug-likeness (QED) is 0.850. The van der Waals surface area contributed by atoms with Crippen LogP contribution < -0.4 is 4.90 Å². The van der Waals surface area contributed by atoms with Crippen LogP contribution in [0.1, 0.15) is 37.7 Å². The second kappa shape index (κ2) is 4.65. The molecular formula is C14H20N2O. The molecule has 1 saturated carbocycles. The third kappa shape index (κ3) is 1.93. The highest BCUT2D eigenvalue weighted by molar-refractivity contribution is 5.53. The van der Waals surface area contributed by atoms with Crippen molar-refractivity contribution in [1.82, 2.24) is 4.98 Å². The van der Waals surface area contributed by atoms with Crippen LogP contribution in [0.2, 0.25) is 0 Å². The maximum atomic E-state index is 9.42. The van der Waals surface area contributed by atoms with E-state index in [2.05, 4.69) is 16.0 Å². The van der Waals surface area contributed by atoms with E-state index in [0.717, 1.165) is 18.0 Å². The molecule has 0 spiro atoms. The van der Waals surface area contributed by atoms with Crippen LogP contribution in [0.5, 0.6) is 0 Å². The van der Waals surface area contributed by atoms with Crippen molar-refractivity contribution in [2.75, 3.05) is 11.4 Å². The van der Waals surface area contributed by atoms with Crippen molar-refractivity contribution >= 4 is 5.69 Å². The summed E-state index contributed by atoms with van der Waals surface area (Å²) in [5.41, 5.74) is 2.18. The van der Waals surface area contributed by atoms with E-state index in [0.29, 0.717) is 6.04 Å². The molecule has 1 saturated heterocycles. The van der Waals surface area contributed by atoms with Crippen LogP contribution in [-0.4, -0.2) is 22.7 Å². The molecule has 0 radical (unpaired) electrons. The lowest BCUT2D eigenvalue weighted by Gasteiger charge is -2.40. The molecular weight excluding hydrogens is 212 g/mol. The van der Waals surface area contributed by atoms with Crippen molar-refractivity contribution in [3.63, 3.8) is 0 Å². The van der Waals surface area contributed by atoms with Gasteiger partial charge in [0, 0.05) is 36.2 Å². The summed E-state index contributed by atoms with van der Waals surface area (Å²) >= 11 is 0. The Hall–Kier alpha value is -1.09. The fourth-order valence-corrected chi connectivity index (χ4v) is 3.57. The van der Waals surface area contributed by atoms with Crippen molar-refractivity contribution in [1.29, 1.82) is 0 Å². The van der Waals surface area contributed by atoms with Crippen molar-refractivity contribution in [2.45, 2.75) is 44.8 Å². The van der Waals surface area contributed by atoms with Gasteiger partial charge in [0.15, 0.2) is 0 Å². The number of nitrogens with zero attached hydrogens (tertiary/aromatic N) is 2. The minimum Gasteiger partial charge on any atom is -0.392 e. The lowest BCUT2D eigenvalue weighted by atomic mass is 9.91. The van der Waals surface area contributed by atoms with Gasteiger partial charge in [-0.25, -0.2) is 0 Å². The van der Waals surface area contributed by atoms with Crippen molar-refractivity contribution < 1.29 is 5.11 Å². The van der Waals surface area contributed by atoms with Crippen molar-refractivity contribution in [3.8, 4) is 0 Å². The average molecular weight is 232 g/mol. The van der Waals surface area contributed by atoms with E-state index in [4.69, 9.17) is 0 Å². The zero-order chi connectivity index (χ0) is 11.7. The molecule has 0 amide bonds. The summed E-state index contributed by atoms with van der Waals surface area (Å²) in [6, 6.07) is 2.77. The zero-order valence-electron chi connectivity index (χ0n) is 10.2. The van der Waals surface area contributed by atoms with Crippen LogP contribution in [0.15, 0.2) is 18.5 Å². The van der Waals surface area contributed by atoms with Gasteiger partial charge in [0.05, 0.1) is 6.61 Å². The first-order valence-corrected chi connectivity index (χ1v) is 6.70. The first kappa shape index (κ1) is 11.0. The Kier molecular flexibility index (Phi) is 3.02. The summed E-state index contributed by atoms with van der Waals surface area (Å²) in [7, 11) is 0. The standard InChI is InChI=1S/C14H20N2O/c17-10-12-9-15-7-6-14(12)16-8-2-4-11-3-1-5-13(11)16/h6-7,9,11,13,17H,1-5,8,10H2. The maximum Gasteiger partial charge on any atom is 0.0717 e. The predicted molar refractivity (Wildman–Crippen MR) is 67.9 cm³/mol. The molecule has 2 aliphatic rings. The average Bonchev–Trinajstić information content (AvgIpc) is 2.86. The Labute approximate surface area is 102 Å². The number of piperidine rings is 1. The molecule has 2 heterocycles. The van der Waals surface area contributed by atoms with Gasteiger partial charge in [-0.3, -0.25) is 4.98 Å². The molecule has 2 fully saturated rings. The Morgan fingerprint density at radius 3 is 3.06 bits per heavy atom. The maximum absolute atomic E-state index is 9.42. The predicted octanol–water partition coefficient (Wildman–Crippen LogP) is 2.34. The number of aliphatic hydroxyl groups is 1. The molecule has 3 rings (SSSR count). The van der Waals surface area contributed by atoms with Gasteiger partial charge in [-0.2, -0.15) is 0 Å². The van der Waals surface area contributed by atoms with Gasteiger partial charge in [-0.05, 0) is 37.7 Å². The fraction of sp³-hybridized carbons (Fsp3) is 0.643. The van der Waals surface area contributed by atoms with E-state index < -0.39 is 0 Å². The van der Waals surface area contributed by atoms with Crippen LogP contribution in [0, 0.1) is 5.92 Å². The van der Waals surface area contributed by atoms with E-state index in [1.807, 2.05) is 6.20 Å². The summed E-state index contributed by atoms with van der Waals surface area (Å²) in [6.07, 6.45) is 10.4. The number of hydrogen-bond acceptors (Lipinski definition) is 3. The number of hydrogen-bond donors (Lipinski definition) is 1. The SMILES string of the molecule is OCc1cnccc1N1CCCC2CCCC21. The lowest BCUT2D eigenvalue weighted by molar-refractivity contribution is 0.280. The fourth-order valence-electron chi connectivity index (χ4n) is 3.57. The Morgan fingerprint density at radius 1 is 1.29 bits per heavy atom. The van der Waals surface area contributed by atoms with Crippen LogP contribution in [0.4, 0.5) is 5.69 Å². The topological polar surface area (TPSA) is 36.4 Å². The van der Waals surface area contributed by atoms with Gasteiger partial charge in [0.2, 0.25) is 0 Å². The normalized spacial score (nSPS) is 28.2. The summed E-state index contributed by atoms with van der Waals surface area (Å²) in [4.78, 5) is 6.63. The first-order chi connectivity index (χ1) is 8.40. The Morgan fingerprint density at radius 2 is 2.18 bits per heavy atom. The number of aliphatic hydroxyl groups excluding tert-OH is 1. The van der Waals surface area contributed by atoms with E-state index in [-0.39, 0.29) is 6.61 Å². The summed E-state index contributed by atoms with van der Waals surface area (Å²) in [5.74, 6) is 0.878. The molecule has 3 heteroatoms. The van der Waals surface area contributed by atoms with Crippen LogP contribution in [-0.2, 0) is 6.61 Å². The number of anilines is 1. The minimum absolute atomic E-state index is 0.0943. The van der Waals surface area contributed by atoms with Gasteiger partial charge in [0.1, 0.15) is 0 Å². The van der Waals surface area contributed by atoms with Gasteiger partial charge < -0.3 is 10.0 Å². The smallest absolute Gasteiger partial charge is 0.0717 e. The molecule has 2 unspecified atom stereocenters. The van der Waals surface area contributed by atoms with Gasteiger partial charge >= 0.3 is 0 Å². The second-order valence-electron chi connectivity index (χ2n) is 5.26. The molecule has 17 heavy (non-hydrogen) atoms. The second-order valence-corrected chi connectivity index (χ2v) is 5.26. The Balaban J connectivity index is 1.91. The minimum atomic E-state index is 0.0943. The largest absolute Gasteiger partial charge is 0.392 e.